The Hall–Kier alpha value is -3.92. The number of aromatic nitrogens is 5. The van der Waals surface area contributed by atoms with Crippen LogP contribution in [0.5, 0.6) is 0 Å². The Morgan fingerprint density at radius 3 is 2.58 bits per heavy atom. The van der Waals surface area contributed by atoms with Crippen LogP contribution in [0.25, 0.3) is 5.65 Å². The largest absolute Gasteiger partial charge is 0.459 e. The summed E-state index contributed by atoms with van der Waals surface area (Å²) in [4.78, 5) is 19.2. The number of carbonyl (C=O) groups excluding carboxylic acids is 1. The van der Waals surface area contributed by atoms with Crippen molar-refractivity contribution >= 4 is 28.9 Å². The van der Waals surface area contributed by atoms with Gasteiger partial charge in [-0.25, -0.2) is 4.52 Å². The summed E-state index contributed by atoms with van der Waals surface area (Å²) in [6.45, 7) is 9.35. The number of rotatable bonds is 7. The second-order valence-electron chi connectivity index (χ2n) is 11.0. The molecular weight excluding hydrogens is 482 g/mol. The van der Waals surface area contributed by atoms with Crippen molar-refractivity contribution in [3.8, 4) is 0 Å². The molecule has 10 heteroatoms. The number of anilines is 3. The molecule has 0 unspecified atom stereocenters. The zero-order valence-electron chi connectivity index (χ0n) is 22.4. The number of aryl methyl sites for hydroxylation is 1. The molecule has 0 aliphatic carbocycles. The molecule has 10 nitrogen and oxygen atoms in total. The Bertz CT molecular complexity index is 1410. The maximum atomic E-state index is 12.1. The summed E-state index contributed by atoms with van der Waals surface area (Å²) in [6.07, 6.45) is 6.92. The number of fused-ring (bicyclic) bond motifs is 1. The third kappa shape index (κ3) is 5.50. The van der Waals surface area contributed by atoms with Crippen LogP contribution in [0.4, 0.5) is 17.3 Å². The highest BCUT2D eigenvalue weighted by Crippen LogP contribution is 2.37. The number of esters is 1. The number of aliphatic hydroxyl groups excluding tert-OH is 1. The van der Waals surface area contributed by atoms with Gasteiger partial charge in [-0.15, -0.1) is 5.10 Å². The lowest BCUT2D eigenvalue weighted by Gasteiger charge is -2.42. The van der Waals surface area contributed by atoms with E-state index in [9.17, 15) is 9.90 Å². The minimum absolute atomic E-state index is 0.0224. The van der Waals surface area contributed by atoms with E-state index in [0.717, 1.165) is 37.3 Å². The Morgan fingerprint density at radius 1 is 1.16 bits per heavy atom. The Kier molecular flexibility index (Phi) is 6.83. The molecule has 0 spiro atoms. The molecule has 1 aliphatic rings. The van der Waals surface area contributed by atoms with Gasteiger partial charge in [-0.2, -0.15) is 10.1 Å². The van der Waals surface area contributed by atoms with Crippen LogP contribution in [0.1, 0.15) is 44.7 Å². The van der Waals surface area contributed by atoms with E-state index in [1.807, 2.05) is 33.0 Å². The highest BCUT2D eigenvalue weighted by Gasteiger charge is 2.36. The number of hydrogen-bond acceptors (Lipinski definition) is 8. The summed E-state index contributed by atoms with van der Waals surface area (Å²) in [5.74, 6) is 0.0902. The standard InChI is InChI=1S/C28H35N7O3/c1-20-7-9-21(10-8-20)28(19-36)11-14-33(15-12-28)23-6-5-13-35-25(23)31-26(32-35)30-22-16-29-34(17-22)18-24(37)38-27(2,3)4/h5-10,13,16-17,36H,11-12,14-15,18-19H2,1-4H3,(H,30,32). The smallest absolute Gasteiger partial charge is 0.328 e. The van der Waals surface area contributed by atoms with Crippen LogP contribution in [-0.4, -0.2) is 60.8 Å². The van der Waals surface area contributed by atoms with Gasteiger partial charge in [0, 0.05) is 30.9 Å². The second kappa shape index (κ2) is 10.1. The van der Waals surface area contributed by atoms with E-state index in [4.69, 9.17) is 9.72 Å². The number of aliphatic hydroxyl groups is 1. The normalized spacial score (nSPS) is 15.6. The van der Waals surface area contributed by atoms with Crippen molar-refractivity contribution in [1.82, 2.24) is 24.4 Å². The average molecular weight is 518 g/mol. The zero-order valence-corrected chi connectivity index (χ0v) is 22.4. The summed E-state index contributed by atoms with van der Waals surface area (Å²) in [5.41, 5.74) is 4.08. The predicted octanol–water partition coefficient (Wildman–Crippen LogP) is 3.85. The van der Waals surface area contributed by atoms with Crippen LogP contribution in [-0.2, 0) is 21.5 Å². The third-order valence-corrected chi connectivity index (χ3v) is 6.97. The Labute approximate surface area is 222 Å². The van der Waals surface area contributed by atoms with Crippen molar-refractivity contribution in [2.24, 2.45) is 0 Å². The van der Waals surface area contributed by atoms with Crippen LogP contribution in [0.3, 0.4) is 0 Å². The summed E-state index contributed by atoms with van der Waals surface area (Å²) in [6, 6.07) is 12.6. The molecule has 0 saturated carbocycles. The molecule has 3 aromatic heterocycles. The maximum absolute atomic E-state index is 12.1. The van der Waals surface area contributed by atoms with E-state index in [0.29, 0.717) is 11.6 Å². The first-order valence-electron chi connectivity index (χ1n) is 12.9. The van der Waals surface area contributed by atoms with Crippen molar-refractivity contribution in [3.63, 3.8) is 0 Å². The van der Waals surface area contributed by atoms with Crippen molar-refractivity contribution in [2.75, 3.05) is 29.9 Å². The van der Waals surface area contributed by atoms with Crippen molar-refractivity contribution in [2.45, 2.75) is 58.1 Å². The number of nitrogens with one attached hydrogen (secondary N) is 1. The molecule has 5 rings (SSSR count). The molecule has 0 radical (unpaired) electrons. The molecular formula is C28H35N7O3. The molecule has 1 fully saturated rings. The molecule has 4 aromatic rings. The average Bonchev–Trinajstić information content (AvgIpc) is 3.49. The van der Waals surface area contributed by atoms with E-state index >= 15 is 0 Å². The lowest BCUT2D eigenvalue weighted by Crippen LogP contribution is -2.45. The quantitative estimate of drug-likeness (QED) is 0.356. The number of ether oxygens (including phenoxy) is 1. The van der Waals surface area contributed by atoms with E-state index in [2.05, 4.69) is 57.7 Å². The first-order chi connectivity index (χ1) is 18.1. The SMILES string of the molecule is Cc1ccc(C2(CO)CCN(c3cccn4nc(Nc5cnn(CC(=O)OC(C)(C)C)c5)nc34)CC2)cc1. The highest BCUT2D eigenvalue weighted by atomic mass is 16.6. The van der Waals surface area contributed by atoms with Gasteiger partial charge in [0.05, 0.1) is 24.2 Å². The molecule has 2 N–H and O–H groups in total. The zero-order chi connectivity index (χ0) is 26.9. The number of carbonyl (C=O) groups is 1. The molecule has 1 aromatic carbocycles. The monoisotopic (exact) mass is 517 g/mol. The topological polar surface area (TPSA) is 110 Å². The molecule has 0 amide bonds. The third-order valence-electron chi connectivity index (χ3n) is 6.97. The van der Waals surface area contributed by atoms with Crippen LogP contribution >= 0.6 is 0 Å². The van der Waals surface area contributed by atoms with Crippen LogP contribution in [0.2, 0.25) is 0 Å². The van der Waals surface area contributed by atoms with Gasteiger partial charge in [0.15, 0.2) is 5.65 Å². The summed E-state index contributed by atoms with van der Waals surface area (Å²) < 4.78 is 8.64. The molecule has 0 atom stereocenters. The van der Waals surface area contributed by atoms with Crippen LogP contribution < -0.4 is 10.2 Å². The fraction of sp³-hybridized carbons (Fsp3) is 0.429. The van der Waals surface area contributed by atoms with Gasteiger partial charge in [-0.1, -0.05) is 29.8 Å². The van der Waals surface area contributed by atoms with Crippen molar-refractivity contribution in [1.29, 1.82) is 0 Å². The van der Waals surface area contributed by atoms with Gasteiger partial charge < -0.3 is 20.1 Å². The molecule has 0 bridgehead atoms. The first kappa shape index (κ1) is 25.7. The van der Waals surface area contributed by atoms with E-state index in [-0.39, 0.29) is 24.5 Å². The molecule has 1 aliphatic heterocycles. The highest BCUT2D eigenvalue weighted by molar-refractivity contribution is 5.71. The summed E-state index contributed by atoms with van der Waals surface area (Å²) in [7, 11) is 0. The predicted molar refractivity (Wildman–Crippen MR) is 146 cm³/mol. The van der Waals surface area contributed by atoms with Gasteiger partial charge >= 0.3 is 5.97 Å². The minimum Gasteiger partial charge on any atom is -0.459 e. The van der Waals surface area contributed by atoms with Crippen LogP contribution in [0, 0.1) is 6.92 Å². The number of piperidine rings is 1. The van der Waals surface area contributed by atoms with E-state index < -0.39 is 5.60 Å². The first-order valence-corrected chi connectivity index (χ1v) is 12.9. The van der Waals surface area contributed by atoms with E-state index in [1.54, 1.807) is 16.9 Å². The number of pyridine rings is 1. The number of nitrogens with zero attached hydrogens (tertiary/aromatic N) is 6. The minimum atomic E-state index is -0.544. The van der Waals surface area contributed by atoms with Gasteiger partial charge in [-0.05, 0) is 58.2 Å². The molecule has 38 heavy (non-hydrogen) atoms. The fourth-order valence-electron chi connectivity index (χ4n) is 4.96. The van der Waals surface area contributed by atoms with E-state index in [1.165, 1.54) is 15.8 Å². The Morgan fingerprint density at radius 2 is 1.89 bits per heavy atom. The lowest BCUT2D eigenvalue weighted by molar-refractivity contribution is -0.155. The molecule has 1 saturated heterocycles. The van der Waals surface area contributed by atoms with Crippen molar-refractivity contribution in [3.05, 3.63) is 66.1 Å². The number of benzene rings is 1. The molecule has 200 valence electrons. The van der Waals surface area contributed by atoms with Gasteiger partial charge in [-0.3, -0.25) is 9.48 Å². The summed E-state index contributed by atoms with van der Waals surface area (Å²) >= 11 is 0. The van der Waals surface area contributed by atoms with Crippen LogP contribution in [0.15, 0.2) is 55.0 Å². The fourth-order valence-corrected chi connectivity index (χ4v) is 4.96. The lowest BCUT2D eigenvalue weighted by atomic mass is 9.73. The Balaban J connectivity index is 1.28. The van der Waals surface area contributed by atoms with Gasteiger partial charge in [0.25, 0.3) is 0 Å². The van der Waals surface area contributed by atoms with Crippen molar-refractivity contribution < 1.29 is 14.6 Å². The number of hydrogen-bond donors (Lipinski definition) is 2. The second-order valence-corrected chi connectivity index (χ2v) is 11.0. The summed E-state index contributed by atoms with van der Waals surface area (Å²) in [5, 5.41) is 22.4. The van der Waals surface area contributed by atoms with Gasteiger partial charge in [0.1, 0.15) is 12.1 Å². The maximum Gasteiger partial charge on any atom is 0.328 e. The van der Waals surface area contributed by atoms with Gasteiger partial charge in [0.2, 0.25) is 5.95 Å². The molecule has 4 heterocycles.